The van der Waals surface area contributed by atoms with E-state index in [1.54, 1.807) is 44.3 Å². The summed E-state index contributed by atoms with van der Waals surface area (Å²) in [5, 5.41) is 9.85. The molecule has 1 aliphatic heterocycles. The van der Waals surface area contributed by atoms with Crippen LogP contribution in [0.5, 0.6) is 5.88 Å². The molecule has 0 bridgehead atoms. The smallest absolute Gasteiger partial charge is 0.293 e. The van der Waals surface area contributed by atoms with Gasteiger partial charge in [-0.05, 0) is 51.0 Å². The Hall–Kier alpha value is -3.96. The molecule has 3 heterocycles. The molecule has 2 aromatic rings. The molecular formula is C23H28N6O5. The lowest BCUT2D eigenvalue weighted by Crippen LogP contribution is -2.28. The van der Waals surface area contributed by atoms with Crippen LogP contribution in [0.15, 0.2) is 66.4 Å². The fourth-order valence-corrected chi connectivity index (χ4v) is 3.20. The van der Waals surface area contributed by atoms with Gasteiger partial charge in [0.1, 0.15) is 5.76 Å². The van der Waals surface area contributed by atoms with Crippen LogP contribution >= 0.6 is 0 Å². The highest BCUT2D eigenvalue weighted by molar-refractivity contribution is 5.93. The maximum Gasteiger partial charge on any atom is 0.293 e. The van der Waals surface area contributed by atoms with Gasteiger partial charge < -0.3 is 24.9 Å². The van der Waals surface area contributed by atoms with Crippen molar-refractivity contribution < 1.29 is 23.9 Å². The second-order valence-corrected chi connectivity index (χ2v) is 7.30. The van der Waals surface area contributed by atoms with Crippen molar-refractivity contribution in [3.05, 3.63) is 66.4 Å². The van der Waals surface area contributed by atoms with Crippen LogP contribution in [0.25, 0.3) is 5.65 Å². The van der Waals surface area contributed by atoms with Crippen LogP contribution in [0.2, 0.25) is 0 Å². The minimum Gasteiger partial charge on any atom is -0.438 e. The third-order valence-electron chi connectivity index (χ3n) is 5.03. The van der Waals surface area contributed by atoms with E-state index in [4.69, 9.17) is 15.4 Å². The molecule has 2 aromatic heterocycles. The zero-order valence-electron chi connectivity index (χ0n) is 19.1. The number of carbonyl (C=O) groups excluding carboxylic acids is 2. The number of aromatic nitrogens is 3. The number of rotatable bonds is 9. The molecular weight excluding hydrogens is 440 g/mol. The minimum atomic E-state index is -0.528. The molecule has 0 aromatic carbocycles. The minimum absolute atomic E-state index is 0.0392. The number of fused-ring (bicyclic) bond motifs is 1. The van der Waals surface area contributed by atoms with E-state index in [9.17, 15) is 9.59 Å². The molecule has 4 N–H and O–H groups in total. The Morgan fingerprint density at radius 1 is 1.26 bits per heavy atom. The van der Waals surface area contributed by atoms with Gasteiger partial charge in [0, 0.05) is 37.0 Å². The van der Waals surface area contributed by atoms with Crippen LogP contribution in [0.3, 0.4) is 0 Å². The molecule has 0 spiro atoms. The monoisotopic (exact) mass is 468 g/mol. The fourth-order valence-electron chi connectivity index (χ4n) is 3.20. The first-order valence-electron chi connectivity index (χ1n) is 10.7. The van der Waals surface area contributed by atoms with Crippen LogP contribution in [0.1, 0.15) is 26.7 Å². The molecule has 0 saturated carbocycles. The van der Waals surface area contributed by atoms with E-state index in [2.05, 4.69) is 32.1 Å². The van der Waals surface area contributed by atoms with Crippen LogP contribution in [-0.4, -0.2) is 39.6 Å². The number of nitrogens with two attached hydrogens (primary N) is 1. The van der Waals surface area contributed by atoms with Crippen molar-refractivity contribution in [2.45, 2.75) is 26.7 Å². The van der Waals surface area contributed by atoms with Gasteiger partial charge in [-0.1, -0.05) is 6.58 Å². The molecule has 0 atom stereocenters. The van der Waals surface area contributed by atoms with E-state index < -0.39 is 5.91 Å². The molecule has 2 amide bonds. The normalized spacial score (nSPS) is 15.7. The Labute approximate surface area is 196 Å². The van der Waals surface area contributed by atoms with E-state index in [1.807, 2.05) is 0 Å². The van der Waals surface area contributed by atoms with Crippen LogP contribution < -0.4 is 21.3 Å². The second kappa shape index (κ2) is 11.8. The average molecular weight is 469 g/mol. The molecule has 11 heteroatoms. The van der Waals surface area contributed by atoms with E-state index in [1.165, 1.54) is 16.7 Å². The highest BCUT2D eigenvalue weighted by Gasteiger charge is 2.22. The number of allylic oxidation sites excluding steroid dienone is 4. The molecule has 1 fully saturated rings. The van der Waals surface area contributed by atoms with Crippen molar-refractivity contribution in [2.24, 2.45) is 11.8 Å². The lowest BCUT2D eigenvalue weighted by molar-refractivity contribution is -0.122. The molecule has 11 nitrogen and oxygen atoms in total. The van der Waals surface area contributed by atoms with E-state index in [0.29, 0.717) is 49.0 Å². The second-order valence-electron chi connectivity index (χ2n) is 7.30. The standard InChI is InChI=1S/C23H28N6O5/c1-4-16(25-23(31)18(6-3)34-24)13-17(5-2)33-21-8-7-20-26-19(14-29(20)28-21)27-22(30)15-9-11-32-12-10-15/h4-8,13-15H,1,9-12,24H2,2-3H3,(H,25,31)(H,27,30)/b16-13+,17-5+,18-6-. The third-order valence-corrected chi connectivity index (χ3v) is 5.03. The van der Waals surface area contributed by atoms with Crippen LogP contribution in [-0.2, 0) is 19.2 Å². The summed E-state index contributed by atoms with van der Waals surface area (Å²) in [6, 6.07) is 3.37. The van der Waals surface area contributed by atoms with Gasteiger partial charge in [-0.3, -0.25) is 9.59 Å². The summed E-state index contributed by atoms with van der Waals surface area (Å²) in [5.41, 5.74) is 0.920. The number of nitrogens with zero attached hydrogens (tertiary/aromatic N) is 3. The van der Waals surface area contributed by atoms with Crippen molar-refractivity contribution >= 4 is 23.3 Å². The zero-order valence-corrected chi connectivity index (χ0v) is 19.1. The first-order valence-corrected chi connectivity index (χ1v) is 10.7. The maximum atomic E-state index is 12.5. The lowest BCUT2D eigenvalue weighted by Gasteiger charge is -2.20. The summed E-state index contributed by atoms with van der Waals surface area (Å²) < 4.78 is 12.7. The van der Waals surface area contributed by atoms with Gasteiger partial charge in [-0.15, -0.1) is 5.10 Å². The average Bonchev–Trinajstić information content (AvgIpc) is 3.25. The predicted molar refractivity (Wildman–Crippen MR) is 125 cm³/mol. The van der Waals surface area contributed by atoms with Crippen molar-refractivity contribution in [1.82, 2.24) is 19.9 Å². The summed E-state index contributed by atoms with van der Waals surface area (Å²) >= 11 is 0. The van der Waals surface area contributed by atoms with E-state index in [0.717, 1.165) is 0 Å². The van der Waals surface area contributed by atoms with Gasteiger partial charge in [-0.2, -0.15) is 5.90 Å². The SMILES string of the molecule is C=C/C(=C\C(=C/C)Oc1ccc2nc(NC(=O)C3CCOCC3)cn2n1)NC(=O)/C(=C/C)ON. The topological polar surface area (TPSA) is 142 Å². The van der Waals surface area contributed by atoms with Crippen molar-refractivity contribution in [2.75, 3.05) is 18.5 Å². The number of amides is 2. The van der Waals surface area contributed by atoms with Crippen molar-refractivity contribution in [1.29, 1.82) is 0 Å². The molecule has 3 rings (SSSR count). The van der Waals surface area contributed by atoms with Crippen LogP contribution in [0, 0.1) is 5.92 Å². The Morgan fingerprint density at radius 3 is 2.68 bits per heavy atom. The number of imidazole rings is 1. The number of carbonyl (C=O) groups is 2. The lowest BCUT2D eigenvalue weighted by atomic mass is 10.00. The Balaban J connectivity index is 1.70. The number of ether oxygens (including phenoxy) is 2. The molecule has 180 valence electrons. The number of nitrogens with one attached hydrogen (secondary N) is 2. The van der Waals surface area contributed by atoms with Gasteiger partial charge in [0.05, 0.1) is 6.20 Å². The molecule has 0 unspecified atom stereocenters. The number of hydrogen-bond acceptors (Lipinski definition) is 8. The number of anilines is 1. The van der Waals surface area contributed by atoms with E-state index >= 15 is 0 Å². The summed E-state index contributed by atoms with van der Waals surface area (Å²) in [5.74, 6) is 5.45. The molecule has 1 aliphatic rings. The quantitative estimate of drug-likeness (QED) is 0.220. The summed E-state index contributed by atoms with van der Waals surface area (Å²) in [4.78, 5) is 33.5. The Kier molecular flexibility index (Phi) is 8.54. The van der Waals surface area contributed by atoms with Gasteiger partial charge >= 0.3 is 0 Å². The summed E-state index contributed by atoms with van der Waals surface area (Å²) in [6.45, 7) is 8.26. The third kappa shape index (κ3) is 6.30. The molecule has 1 saturated heterocycles. The highest BCUT2D eigenvalue weighted by Crippen LogP contribution is 2.19. The summed E-state index contributed by atoms with van der Waals surface area (Å²) in [6.07, 6.45) is 9.17. The van der Waals surface area contributed by atoms with Gasteiger partial charge in [0.25, 0.3) is 5.91 Å². The Morgan fingerprint density at radius 2 is 2.03 bits per heavy atom. The van der Waals surface area contributed by atoms with Crippen molar-refractivity contribution in [3.63, 3.8) is 0 Å². The largest absolute Gasteiger partial charge is 0.438 e. The predicted octanol–water partition coefficient (Wildman–Crippen LogP) is 2.36. The van der Waals surface area contributed by atoms with Gasteiger partial charge in [-0.25, -0.2) is 9.50 Å². The maximum absolute atomic E-state index is 12.5. The molecule has 0 radical (unpaired) electrons. The Bertz CT molecular complexity index is 1140. The van der Waals surface area contributed by atoms with Crippen molar-refractivity contribution in [3.8, 4) is 5.88 Å². The zero-order chi connectivity index (χ0) is 24.5. The highest BCUT2D eigenvalue weighted by atomic mass is 16.6. The van der Waals surface area contributed by atoms with Gasteiger partial charge in [0.2, 0.25) is 17.5 Å². The van der Waals surface area contributed by atoms with E-state index in [-0.39, 0.29) is 23.5 Å². The first kappa shape index (κ1) is 24.7. The first-order chi connectivity index (χ1) is 16.5. The van der Waals surface area contributed by atoms with Crippen LogP contribution in [0.4, 0.5) is 5.82 Å². The van der Waals surface area contributed by atoms with Gasteiger partial charge in [0.15, 0.2) is 11.5 Å². The molecule has 0 aliphatic carbocycles. The fraction of sp³-hybridized carbons (Fsp3) is 0.304. The number of hydrogen-bond donors (Lipinski definition) is 3. The molecule has 34 heavy (non-hydrogen) atoms. The summed E-state index contributed by atoms with van der Waals surface area (Å²) in [7, 11) is 0.